The second-order valence-electron chi connectivity index (χ2n) is 3.73. The van der Waals surface area contributed by atoms with Gasteiger partial charge < -0.3 is 9.47 Å². The Kier molecular flexibility index (Phi) is 5.71. The average molecular weight is 246 g/mol. The van der Waals surface area contributed by atoms with Gasteiger partial charge in [0.05, 0.1) is 12.9 Å². The van der Waals surface area contributed by atoms with E-state index in [0.29, 0.717) is 12.2 Å². The fourth-order valence-corrected chi connectivity index (χ4v) is 1.47. The van der Waals surface area contributed by atoms with Crippen molar-refractivity contribution in [3.05, 3.63) is 60.4 Å². The van der Waals surface area contributed by atoms with Gasteiger partial charge in [0.15, 0.2) is 6.10 Å². The first kappa shape index (κ1) is 14.0. The maximum absolute atomic E-state index is 11.1. The van der Waals surface area contributed by atoms with Crippen LogP contribution in [0.15, 0.2) is 54.8 Å². The number of rotatable bonds is 6. The van der Waals surface area contributed by atoms with Crippen LogP contribution in [0.4, 0.5) is 0 Å². The molecule has 3 nitrogen and oxygen atoms in total. The zero-order chi connectivity index (χ0) is 13.4. The summed E-state index contributed by atoms with van der Waals surface area (Å²) in [6.45, 7) is 7.78. The van der Waals surface area contributed by atoms with Crippen molar-refractivity contribution in [1.29, 1.82) is 0 Å². The molecular weight excluding hydrogens is 228 g/mol. The quantitative estimate of drug-likeness (QED) is 0.438. The fourth-order valence-electron chi connectivity index (χ4n) is 1.47. The Labute approximate surface area is 108 Å². The topological polar surface area (TPSA) is 35.5 Å². The van der Waals surface area contributed by atoms with Crippen molar-refractivity contribution in [2.75, 3.05) is 6.61 Å². The molecule has 0 radical (unpaired) electrons. The van der Waals surface area contributed by atoms with Crippen LogP contribution in [0.1, 0.15) is 25.5 Å². The summed E-state index contributed by atoms with van der Waals surface area (Å²) in [7, 11) is 0. The summed E-state index contributed by atoms with van der Waals surface area (Å²) in [4.78, 5) is 11.1. The maximum atomic E-state index is 11.1. The molecule has 3 heteroatoms. The molecule has 0 N–H and O–H groups in total. The normalized spacial score (nSPS) is 12.1. The molecule has 96 valence electrons. The van der Waals surface area contributed by atoms with Gasteiger partial charge in [-0.05, 0) is 24.1 Å². The second-order valence-corrected chi connectivity index (χ2v) is 3.73. The number of carbonyl (C=O) groups is 1. The van der Waals surface area contributed by atoms with Crippen LogP contribution < -0.4 is 0 Å². The number of esters is 1. The lowest BCUT2D eigenvalue weighted by molar-refractivity contribution is -0.144. The number of hydrogen-bond donors (Lipinski definition) is 0. The van der Waals surface area contributed by atoms with Gasteiger partial charge in [0, 0.05) is 6.92 Å². The summed E-state index contributed by atoms with van der Waals surface area (Å²) in [6.07, 6.45) is 2.80. The molecule has 0 aliphatic rings. The highest BCUT2D eigenvalue weighted by molar-refractivity contribution is 5.67. The van der Waals surface area contributed by atoms with Crippen molar-refractivity contribution in [1.82, 2.24) is 0 Å². The van der Waals surface area contributed by atoms with Crippen LogP contribution in [0.25, 0.3) is 0 Å². The van der Waals surface area contributed by atoms with E-state index in [9.17, 15) is 4.79 Å². The SMILES string of the molecule is C=C(/C=C/OCC)[C@H](OC(C)=O)c1ccccc1. The summed E-state index contributed by atoms with van der Waals surface area (Å²) in [5.74, 6) is -0.338. The van der Waals surface area contributed by atoms with Gasteiger partial charge in [-0.1, -0.05) is 36.9 Å². The number of benzene rings is 1. The van der Waals surface area contributed by atoms with E-state index in [1.54, 1.807) is 12.3 Å². The van der Waals surface area contributed by atoms with Gasteiger partial charge in [0.1, 0.15) is 0 Å². The standard InChI is InChI=1S/C15H18O3/c1-4-17-11-10-12(2)15(18-13(3)16)14-8-6-5-7-9-14/h5-11,15H,2,4H2,1,3H3/b11-10+/t15-/m0/s1. The van der Waals surface area contributed by atoms with E-state index < -0.39 is 6.10 Å². The molecule has 0 aromatic heterocycles. The number of hydrogen-bond acceptors (Lipinski definition) is 3. The van der Waals surface area contributed by atoms with Crippen LogP contribution in [0.3, 0.4) is 0 Å². The van der Waals surface area contributed by atoms with Gasteiger partial charge in [-0.15, -0.1) is 0 Å². The maximum Gasteiger partial charge on any atom is 0.303 e. The summed E-state index contributed by atoms with van der Waals surface area (Å²) < 4.78 is 10.4. The molecule has 0 aliphatic carbocycles. The first-order valence-electron chi connectivity index (χ1n) is 5.84. The zero-order valence-corrected chi connectivity index (χ0v) is 10.8. The minimum atomic E-state index is -0.472. The van der Waals surface area contributed by atoms with Crippen LogP contribution in [0.2, 0.25) is 0 Å². The number of carbonyl (C=O) groups excluding carboxylic acids is 1. The van der Waals surface area contributed by atoms with Crippen LogP contribution in [0.5, 0.6) is 0 Å². The first-order chi connectivity index (χ1) is 8.65. The van der Waals surface area contributed by atoms with Crippen molar-refractivity contribution in [2.45, 2.75) is 20.0 Å². The third kappa shape index (κ3) is 4.45. The Morgan fingerprint density at radius 2 is 2.06 bits per heavy atom. The van der Waals surface area contributed by atoms with Gasteiger partial charge in [0.25, 0.3) is 0 Å². The molecule has 1 atom stereocenters. The molecule has 18 heavy (non-hydrogen) atoms. The predicted molar refractivity (Wildman–Crippen MR) is 70.9 cm³/mol. The first-order valence-corrected chi connectivity index (χ1v) is 5.84. The summed E-state index contributed by atoms with van der Waals surface area (Å²) >= 11 is 0. The Hall–Kier alpha value is -2.03. The van der Waals surface area contributed by atoms with E-state index >= 15 is 0 Å². The highest BCUT2D eigenvalue weighted by Crippen LogP contribution is 2.25. The van der Waals surface area contributed by atoms with E-state index in [1.807, 2.05) is 37.3 Å². The van der Waals surface area contributed by atoms with Crippen LogP contribution in [-0.4, -0.2) is 12.6 Å². The van der Waals surface area contributed by atoms with Crippen molar-refractivity contribution in [2.24, 2.45) is 0 Å². The van der Waals surface area contributed by atoms with Crippen LogP contribution in [0, 0.1) is 0 Å². The zero-order valence-electron chi connectivity index (χ0n) is 10.8. The highest BCUT2D eigenvalue weighted by atomic mass is 16.5. The summed E-state index contributed by atoms with van der Waals surface area (Å²) in [5.41, 5.74) is 1.56. The average Bonchev–Trinajstić information content (AvgIpc) is 2.37. The lowest BCUT2D eigenvalue weighted by Gasteiger charge is -2.17. The molecule has 0 bridgehead atoms. The van der Waals surface area contributed by atoms with Gasteiger partial charge in [0.2, 0.25) is 0 Å². The van der Waals surface area contributed by atoms with E-state index in [0.717, 1.165) is 5.56 Å². The van der Waals surface area contributed by atoms with Gasteiger partial charge >= 0.3 is 5.97 Å². The third-order valence-electron chi connectivity index (χ3n) is 2.27. The molecule has 0 amide bonds. The molecule has 1 aromatic rings. The second kappa shape index (κ2) is 7.33. The number of ether oxygens (including phenoxy) is 2. The third-order valence-corrected chi connectivity index (χ3v) is 2.27. The smallest absolute Gasteiger partial charge is 0.303 e. The molecule has 0 aliphatic heterocycles. The Morgan fingerprint density at radius 3 is 2.61 bits per heavy atom. The lowest BCUT2D eigenvalue weighted by atomic mass is 10.0. The Bertz CT molecular complexity index is 421. The summed E-state index contributed by atoms with van der Waals surface area (Å²) in [6, 6.07) is 9.49. The van der Waals surface area contributed by atoms with Crippen molar-refractivity contribution < 1.29 is 14.3 Å². The lowest BCUT2D eigenvalue weighted by Crippen LogP contribution is -2.09. The fraction of sp³-hybridized carbons (Fsp3) is 0.267. The van der Waals surface area contributed by atoms with E-state index in [4.69, 9.17) is 9.47 Å². The molecule has 0 fully saturated rings. The van der Waals surface area contributed by atoms with Crippen molar-refractivity contribution >= 4 is 5.97 Å². The van der Waals surface area contributed by atoms with Gasteiger partial charge in [-0.2, -0.15) is 0 Å². The van der Waals surface area contributed by atoms with Crippen LogP contribution in [-0.2, 0) is 14.3 Å². The van der Waals surface area contributed by atoms with E-state index in [-0.39, 0.29) is 5.97 Å². The van der Waals surface area contributed by atoms with Crippen LogP contribution >= 0.6 is 0 Å². The predicted octanol–water partition coefficient (Wildman–Crippen LogP) is 3.40. The molecule has 1 rings (SSSR count). The molecular formula is C15H18O3. The molecule has 1 aromatic carbocycles. The minimum absolute atomic E-state index is 0.338. The van der Waals surface area contributed by atoms with Crippen molar-refractivity contribution in [3.8, 4) is 0 Å². The van der Waals surface area contributed by atoms with E-state index in [2.05, 4.69) is 6.58 Å². The van der Waals surface area contributed by atoms with Crippen molar-refractivity contribution in [3.63, 3.8) is 0 Å². The highest BCUT2D eigenvalue weighted by Gasteiger charge is 2.16. The molecule has 0 heterocycles. The van der Waals surface area contributed by atoms with E-state index in [1.165, 1.54) is 6.92 Å². The largest absolute Gasteiger partial charge is 0.501 e. The molecule has 0 spiro atoms. The molecule has 0 saturated carbocycles. The molecule has 0 unspecified atom stereocenters. The summed E-state index contributed by atoms with van der Waals surface area (Å²) in [5, 5.41) is 0. The Morgan fingerprint density at radius 1 is 1.39 bits per heavy atom. The van der Waals surface area contributed by atoms with Gasteiger partial charge in [-0.25, -0.2) is 0 Å². The molecule has 0 saturated heterocycles. The minimum Gasteiger partial charge on any atom is -0.501 e. The monoisotopic (exact) mass is 246 g/mol. The van der Waals surface area contributed by atoms with Gasteiger partial charge in [-0.3, -0.25) is 4.79 Å². The Balaban J connectivity index is 2.85.